The summed E-state index contributed by atoms with van der Waals surface area (Å²) in [6.07, 6.45) is 5.63. The second-order valence-electron chi connectivity index (χ2n) is 6.39. The smallest absolute Gasteiger partial charge is 0.0209 e. The molecule has 2 fully saturated rings. The highest BCUT2D eigenvalue weighted by Gasteiger charge is 2.29. The Balaban J connectivity index is 1.63. The molecule has 0 spiro atoms. The molecule has 16 heavy (non-hydrogen) atoms. The zero-order valence-corrected chi connectivity index (χ0v) is 11.2. The molecule has 0 bridgehead atoms. The molecule has 0 aromatic heterocycles. The molecular weight excluding hydrogens is 196 g/mol. The lowest BCUT2D eigenvalue weighted by Crippen LogP contribution is -2.39. The maximum Gasteiger partial charge on any atom is 0.0209 e. The Morgan fingerprint density at radius 2 is 1.94 bits per heavy atom. The minimum Gasteiger partial charge on any atom is -0.310 e. The van der Waals surface area contributed by atoms with E-state index in [0.29, 0.717) is 6.04 Å². The third-order valence-electron chi connectivity index (χ3n) is 3.83. The molecule has 1 N–H and O–H groups in total. The first-order chi connectivity index (χ1) is 7.63. The van der Waals surface area contributed by atoms with E-state index in [1.54, 1.807) is 0 Å². The summed E-state index contributed by atoms with van der Waals surface area (Å²) in [4.78, 5) is 2.66. The van der Waals surface area contributed by atoms with Gasteiger partial charge in [-0.2, -0.15) is 0 Å². The summed E-state index contributed by atoms with van der Waals surface area (Å²) in [5.41, 5.74) is 0. The van der Waals surface area contributed by atoms with Gasteiger partial charge in [0, 0.05) is 25.2 Å². The number of hydrogen-bond donors (Lipinski definition) is 1. The molecule has 1 aliphatic carbocycles. The number of nitrogens with zero attached hydrogens (tertiary/aromatic N) is 1. The molecule has 1 saturated heterocycles. The maximum absolute atomic E-state index is 3.79. The molecule has 2 atom stereocenters. The van der Waals surface area contributed by atoms with Crippen LogP contribution < -0.4 is 5.32 Å². The second-order valence-corrected chi connectivity index (χ2v) is 6.39. The van der Waals surface area contributed by atoms with Crippen LogP contribution in [0.15, 0.2) is 0 Å². The van der Waals surface area contributed by atoms with Gasteiger partial charge in [0.2, 0.25) is 0 Å². The summed E-state index contributed by atoms with van der Waals surface area (Å²) in [5, 5.41) is 3.79. The van der Waals surface area contributed by atoms with Gasteiger partial charge >= 0.3 is 0 Å². The first-order valence-electron chi connectivity index (χ1n) is 7.12. The predicted octanol–water partition coefficient (Wildman–Crippen LogP) is 2.49. The summed E-state index contributed by atoms with van der Waals surface area (Å²) in [5.74, 6) is 1.86. The van der Waals surface area contributed by atoms with Crippen molar-refractivity contribution in [3.05, 3.63) is 0 Å². The lowest BCUT2D eigenvalue weighted by atomic mass is 10.0. The van der Waals surface area contributed by atoms with E-state index in [0.717, 1.165) is 17.9 Å². The lowest BCUT2D eigenvalue weighted by molar-refractivity contribution is 0.306. The highest BCUT2D eigenvalue weighted by atomic mass is 15.2. The number of likely N-dealkylation sites (tertiary alicyclic amines) is 1. The van der Waals surface area contributed by atoms with Gasteiger partial charge in [-0.1, -0.05) is 13.8 Å². The Hall–Kier alpha value is -0.0800. The van der Waals surface area contributed by atoms with Crippen LogP contribution in [0.3, 0.4) is 0 Å². The topological polar surface area (TPSA) is 15.3 Å². The highest BCUT2D eigenvalue weighted by molar-refractivity contribution is 4.86. The first-order valence-corrected chi connectivity index (χ1v) is 7.12. The van der Waals surface area contributed by atoms with Crippen LogP contribution in [0.1, 0.15) is 46.5 Å². The average molecular weight is 224 g/mol. The van der Waals surface area contributed by atoms with Gasteiger partial charge < -0.3 is 10.2 Å². The van der Waals surface area contributed by atoms with Crippen LogP contribution in [0.25, 0.3) is 0 Å². The molecule has 1 heterocycles. The molecule has 2 nitrogen and oxygen atoms in total. The molecule has 2 rings (SSSR count). The Morgan fingerprint density at radius 3 is 2.56 bits per heavy atom. The third kappa shape index (κ3) is 4.06. The van der Waals surface area contributed by atoms with Gasteiger partial charge in [-0.25, -0.2) is 0 Å². The van der Waals surface area contributed by atoms with Crippen molar-refractivity contribution < 1.29 is 0 Å². The van der Waals surface area contributed by atoms with Crippen molar-refractivity contribution >= 4 is 0 Å². The van der Waals surface area contributed by atoms with Gasteiger partial charge in [-0.05, 0) is 51.0 Å². The molecule has 2 unspecified atom stereocenters. The van der Waals surface area contributed by atoms with Gasteiger partial charge in [0.25, 0.3) is 0 Å². The zero-order chi connectivity index (χ0) is 11.5. The molecule has 1 aliphatic heterocycles. The first kappa shape index (κ1) is 12.4. The second kappa shape index (κ2) is 5.50. The van der Waals surface area contributed by atoms with Gasteiger partial charge in [0.15, 0.2) is 0 Å². The molecule has 94 valence electrons. The number of rotatable bonds is 6. The monoisotopic (exact) mass is 224 g/mol. The van der Waals surface area contributed by atoms with Crippen molar-refractivity contribution in [3.63, 3.8) is 0 Å². The van der Waals surface area contributed by atoms with E-state index in [1.807, 2.05) is 0 Å². The Kier molecular flexibility index (Phi) is 4.26. The van der Waals surface area contributed by atoms with Crippen molar-refractivity contribution in [1.82, 2.24) is 10.2 Å². The fraction of sp³-hybridized carbons (Fsp3) is 1.00. The van der Waals surface area contributed by atoms with Crippen molar-refractivity contribution in [1.29, 1.82) is 0 Å². The van der Waals surface area contributed by atoms with Gasteiger partial charge in [0.1, 0.15) is 0 Å². The van der Waals surface area contributed by atoms with E-state index < -0.39 is 0 Å². The molecule has 0 aromatic carbocycles. The summed E-state index contributed by atoms with van der Waals surface area (Å²) in [6.45, 7) is 10.9. The molecule has 0 amide bonds. The van der Waals surface area contributed by atoms with E-state index in [1.165, 1.54) is 45.3 Å². The van der Waals surface area contributed by atoms with Crippen LogP contribution in [0.5, 0.6) is 0 Å². The summed E-state index contributed by atoms with van der Waals surface area (Å²) in [6, 6.07) is 1.44. The summed E-state index contributed by atoms with van der Waals surface area (Å²) in [7, 11) is 0. The third-order valence-corrected chi connectivity index (χ3v) is 3.83. The van der Waals surface area contributed by atoms with Crippen molar-refractivity contribution in [2.75, 3.05) is 19.6 Å². The Morgan fingerprint density at radius 1 is 1.19 bits per heavy atom. The fourth-order valence-corrected chi connectivity index (χ4v) is 2.98. The minimum atomic E-state index is 0.686. The number of nitrogens with one attached hydrogen (secondary N) is 1. The largest absolute Gasteiger partial charge is 0.310 e. The maximum atomic E-state index is 3.79. The number of hydrogen-bond acceptors (Lipinski definition) is 2. The van der Waals surface area contributed by atoms with Crippen molar-refractivity contribution in [2.24, 2.45) is 11.8 Å². The van der Waals surface area contributed by atoms with Crippen molar-refractivity contribution in [2.45, 2.75) is 58.5 Å². The quantitative estimate of drug-likeness (QED) is 0.746. The predicted molar refractivity (Wildman–Crippen MR) is 69.6 cm³/mol. The zero-order valence-electron chi connectivity index (χ0n) is 11.2. The van der Waals surface area contributed by atoms with E-state index in [9.17, 15) is 0 Å². The van der Waals surface area contributed by atoms with E-state index in [4.69, 9.17) is 0 Å². The SMILES string of the molecule is CC(C)CC(C)NC1CCN(CC2CC2)C1. The van der Waals surface area contributed by atoms with Crippen LogP contribution in [0, 0.1) is 11.8 Å². The summed E-state index contributed by atoms with van der Waals surface area (Å²) < 4.78 is 0. The molecule has 1 saturated carbocycles. The molecule has 0 radical (unpaired) electrons. The molecule has 0 aromatic rings. The van der Waals surface area contributed by atoms with Crippen molar-refractivity contribution in [3.8, 4) is 0 Å². The molecule has 2 aliphatic rings. The summed E-state index contributed by atoms with van der Waals surface area (Å²) >= 11 is 0. The van der Waals surface area contributed by atoms with Gasteiger partial charge in [-0.15, -0.1) is 0 Å². The Labute approximate surface area is 101 Å². The molecular formula is C14H28N2. The normalized spacial score (nSPS) is 28.9. The fourth-order valence-electron chi connectivity index (χ4n) is 2.98. The Bertz CT molecular complexity index is 211. The van der Waals surface area contributed by atoms with Crippen LogP contribution >= 0.6 is 0 Å². The van der Waals surface area contributed by atoms with Gasteiger partial charge in [0.05, 0.1) is 0 Å². The highest BCUT2D eigenvalue weighted by Crippen LogP contribution is 2.30. The standard InChI is InChI=1S/C14H28N2/c1-11(2)8-12(3)15-14-6-7-16(10-14)9-13-4-5-13/h11-15H,4-10H2,1-3H3. The van der Waals surface area contributed by atoms with Crippen LogP contribution in [-0.2, 0) is 0 Å². The van der Waals surface area contributed by atoms with Crippen LogP contribution in [-0.4, -0.2) is 36.6 Å². The molecule has 2 heteroatoms. The van der Waals surface area contributed by atoms with Crippen LogP contribution in [0.2, 0.25) is 0 Å². The minimum absolute atomic E-state index is 0.686. The van der Waals surface area contributed by atoms with Crippen LogP contribution in [0.4, 0.5) is 0 Å². The average Bonchev–Trinajstić information content (AvgIpc) is 2.86. The van der Waals surface area contributed by atoms with Gasteiger partial charge in [-0.3, -0.25) is 0 Å². The van der Waals surface area contributed by atoms with E-state index >= 15 is 0 Å². The van der Waals surface area contributed by atoms with E-state index in [-0.39, 0.29) is 0 Å². The lowest BCUT2D eigenvalue weighted by Gasteiger charge is -2.21. The van der Waals surface area contributed by atoms with E-state index in [2.05, 4.69) is 31.0 Å².